The Morgan fingerprint density at radius 1 is 1.26 bits per heavy atom. The molecule has 5 nitrogen and oxygen atoms in total. The van der Waals surface area contributed by atoms with Gasteiger partial charge in [-0.2, -0.15) is 5.10 Å². The minimum Gasteiger partial charge on any atom is -0.352 e. The lowest BCUT2D eigenvalue weighted by molar-refractivity contribution is 0.0954. The molecular formula is C17H20N4OS. The molecular weight excluding hydrogens is 308 g/mol. The van der Waals surface area contributed by atoms with Gasteiger partial charge in [0.2, 0.25) is 0 Å². The van der Waals surface area contributed by atoms with Crippen molar-refractivity contribution in [2.24, 2.45) is 7.05 Å². The number of rotatable bonds is 5. The van der Waals surface area contributed by atoms with Crippen LogP contribution in [0.3, 0.4) is 0 Å². The number of nitrogens with zero attached hydrogens (tertiary/aromatic N) is 3. The van der Waals surface area contributed by atoms with Crippen LogP contribution in [0.15, 0.2) is 36.0 Å². The number of thiophene rings is 1. The molecule has 3 heterocycles. The molecule has 0 aliphatic rings. The van der Waals surface area contributed by atoms with Crippen LogP contribution in [0, 0.1) is 13.8 Å². The topological polar surface area (TPSA) is 51.9 Å². The first-order valence-corrected chi connectivity index (χ1v) is 8.43. The molecule has 0 aliphatic heterocycles. The predicted molar refractivity (Wildman–Crippen MR) is 92.4 cm³/mol. The summed E-state index contributed by atoms with van der Waals surface area (Å²) >= 11 is 1.59. The van der Waals surface area contributed by atoms with Gasteiger partial charge < -0.3 is 9.88 Å². The van der Waals surface area contributed by atoms with Gasteiger partial charge in [-0.15, -0.1) is 11.3 Å². The summed E-state index contributed by atoms with van der Waals surface area (Å²) in [5.41, 5.74) is 4.11. The molecule has 3 rings (SSSR count). The lowest BCUT2D eigenvalue weighted by Gasteiger charge is -2.10. The summed E-state index contributed by atoms with van der Waals surface area (Å²) in [6.45, 7) is 4.71. The molecule has 3 aromatic heterocycles. The Labute approximate surface area is 139 Å². The van der Waals surface area contributed by atoms with Crippen LogP contribution in [0.5, 0.6) is 0 Å². The van der Waals surface area contributed by atoms with E-state index in [2.05, 4.69) is 41.0 Å². The van der Waals surface area contributed by atoms with E-state index in [-0.39, 0.29) is 5.91 Å². The largest absolute Gasteiger partial charge is 0.352 e. The van der Waals surface area contributed by atoms with E-state index < -0.39 is 0 Å². The van der Waals surface area contributed by atoms with Crippen molar-refractivity contribution < 1.29 is 4.79 Å². The molecule has 0 saturated carbocycles. The summed E-state index contributed by atoms with van der Waals surface area (Å²) in [6.07, 6.45) is 4.57. The van der Waals surface area contributed by atoms with Gasteiger partial charge in [0.1, 0.15) is 5.00 Å². The molecule has 0 spiro atoms. The summed E-state index contributed by atoms with van der Waals surface area (Å²) in [6, 6.07) is 6.02. The molecule has 0 unspecified atom stereocenters. The molecule has 0 radical (unpaired) electrons. The smallest absolute Gasteiger partial charge is 0.254 e. The zero-order valence-electron chi connectivity index (χ0n) is 13.5. The Bertz CT molecular complexity index is 808. The second-order valence-corrected chi connectivity index (χ2v) is 6.51. The molecule has 0 bridgehead atoms. The van der Waals surface area contributed by atoms with Crippen molar-refractivity contribution in [2.75, 3.05) is 6.54 Å². The van der Waals surface area contributed by atoms with Crippen LogP contribution < -0.4 is 5.32 Å². The van der Waals surface area contributed by atoms with E-state index in [1.807, 2.05) is 30.9 Å². The molecule has 1 amide bonds. The highest BCUT2D eigenvalue weighted by molar-refractivity contribution is 7.13. The molecule has 0 aliphatic carbocycles. The van der Waals surface area contributed by atoms with Crippen LogP contribution >= 0.6 is 11.3 Å². The van der Waals surface area contributed by atoms with E-state index in [9.17, 15) is 4.79 Å². The highest BCUT2D eigenvalue weighted by Gasteiger charge is 2.16. The Morgan fingerprint density at radius 2 is 2.00 bits per heavy atom. The summed E-state index contributed by atoms with van der Waals surface area (Å²) in [5, 5.41) is 10.1. The van der Waals surface area contributed by atoms with E-state index in [0.717, 1.165) is 33.9 Å². The van der Waals surface area contributed by atoms with Gasteiger partial charge in [-0.3, -0.25) is 9.48 Å². The summed E-state index contributed by atoms with van der Waals surface area (Å²) < 4.78 is 3.90. The number of amides is 1. The van der Waals surface area contributed by atoms with Crippen molar-refractivity contribution in [1.29, 1.82) is 0 Å². The van der Waals surface area contributed by atoms with Crippen molar-refractivity contribution in [2.45, 2.75) is 20.3 Å². The second kappa shape index (κ2) is 6.42. The number of aryl methyl sites for hydroxylation is 3. The van der Waals surface area contributed by atoms with Gasteiger partial charge in [0, 0.05) is 31.2 Å². The van der Waals surface area contributed by atoms with Crippen molar-refractivity contribution in [3.63, 3.8) is 0 Å². The minimum absolute atomic E-state index is 0.0300. The first-order chi connectivity index (χ1) is 11.1. The lowest BCUT2D eigenvalue weighted by Crippen LogP contribution is -2.26. The maximum Gasteiger partial charge on any atom is 0.254 e. The fourth-order valence-corrected chi connectivity index (χ4v) is 3.67. The first-order valence-electron chi connectivity index (χ1n) is 7.55. The van der Waals surface area contributed by atoms with Crippen LogP contribution in [0.1, 0.15) is 27.3 Å². The third kappa shape index (κ3) is 3.22. The Kier molecular flexibility index (Phi) is 4.34. The van der Waals surface area contributed by atoms with E-state index in [0.29, 0.717) is 6.54 Å². The molecule has 6 heteroatoms. The molecule has 1 N–H and O–H groups in total. The lowest BCUT2D eigenvalue weighted by atomic mass is 10.2. The van der Waals surface area contributed by atoms with Crippen LogP contribution in [0.2, 0.25) is 0 Å². The fourth-order valence-electron chi connectivity index (χ4n) is 2.65. The highest BCUT2D eigenvalue weighted by atomic mass is 32.1. The van der Waals surface area contributed by atoms with Crippen LogP contribution in [-0.4, -0.2) is 26.8 Å². The van der Waals surface area contributed by atoms with Gasteiger partial charge in [0.15, 0.2) is 0 Å². The second-order valence-electron chi connectivity index (χ2n) is 5.62. The van der Waals surface area contributed by atoms with Crippen LogP contribution in [-0.2, 0) is 13.5 Å². The minimum atomic E-state index is -0.0300. The SMILES string of the molecule is Cc1ccc(C)n1-c1sccc1C(=O)NCCc1cnn(C)c1. The quantitative estimate of drug-likeness (QED) is 0.783. The molecule has 23 heavy (non-hydrogen) atoms. The number of carbonyl (C=O) groups is 1. The summed E-state index contributed by atoms with van der Waals surface area (Å²) in [4.78, 5) is 12.5. The summed E-state index contributed by atoms with van der Waals surface area (Å²) in [7, 11) is 1.89. The van der Waals surface area contributed by atoms with Crippen molar-refractivity contribution >= 4 is 17.2 Å². The summed E-state index contributed by atoms with van der Waals surface area (Å²) in [5.74, 6) is -0.0300. The standard InChI is InChI=1S/C17H20N4OS/c1-12-4-5-13(2)21(12)17-15(7-9-23-17)16(22)18-8-6-14-10-19-20(3)11-14/h4-5,7,9-11H,6,8H2,1-3H3,(H,18,22). The van der Waals surface area contributed by atoms with E-state index in [4.69, 9.17) is 0 Å². The third-order valence-electron chi connectivity index (χ3n) is 3.82. The highest BCUT2D eigenvalue weighted by Crippen LogP contribution is 2.25. The molecule has 0 saturated heterocycles. The van der Waals surface area contributed by atoms with Crippen LogP contribution in [0.4, 0.5) is 0 Å². The molecule has 3 aromatic rings. The zero-order valence-corrected chi connectivity index (χ0v) is 14.4. The maximum atomic E-state index is 12.5. The van der Waals surface area contributed by atoms with Gasteiger partial charge in [-0.25, -0.2) is 0 Å². The van der Waals surface area contributed by atoms with Gasteiger partial charge in [-0.1, -0.05) is 0 Å². The van der Waals surface area contributed by atoms with Gasteiger partial charge >= 0.3 is 0 Å². The monoisotopic (exact) mass is 328 g/mol. The Balaban J connectivity index is 1.70. The number of hydrogen-bond acceptors (Lipinski definition) is 3. The normalized spacial score (nSPS) is 10.9. The van der Waals surface area contributed by atoms with E-state index in [1.165, 1.54) is 0 Å². The van der Waals surface area contributed by atoms with Crippen molar-refractivity contribution in [3.8, 4) is 5.00 Å². The average Bonchev–Trinajstić information content (AvgIpc) is 3.21. The number of aromatic nitrogens is 3. The van der Waals surface area contributed by atoms with Gasteiger partial charge in [-0.05, 0) is 49.4 Å². The van der Waals surface area contributed by atoms with Gasteiger partial charge in [0.05, 0.1) is 11.8 Å². The van der Waals surface area contributed by atoms with E-state index in [1.54, 1.807) is 16.0 Å². The average molecular weight is 328 g/mol. The van der Waals surface area contributed by atoms with Gasteiger partial charge in [0.25, 0.3) is 5.91 Å². The predicted octanol–water partition coefficient (Wildman–Crippen LogP) is 2.86. The number of nitrogens with one attached hydrogen (secondary N) is 1. The first kappa shape index (κ1) is 15.6. The molecule has 120 valence electrons. The maximum absolute atomic E-state index is 12.5. The fraction of sp³-hybridized carbons (Fsp3) is 0.294. The molecule has 0 aromatic carbocycles. The third-order valence-corrected chi connectivity index (χ3v) is 4.72. The zero-order chi connectivity index (χ0) is 16.4. The molecule has 0 fully saturated rings. The van der Waals surface area contributed by atoms with Crippen molar-refractivity contribution in [3.05, 3.63) is 58.5 Å². The van der Waals surface area contributed by atoms with Crippen molar-refractivity contribution in [1.82, 2.24) is 19.7 Å². The Hall–Kier alpha value is -2.34. The number of carbonyl (C=O) groups excluding carboxylic acids is 1. The number of hydrogen-bond donors (Lipinski definition) is 1. The van der Waals surface area contributed by atoms with E-state index >= 15 is 0 Å². The van der Waals surface area contributed by atoms with Crippen LogP contribution in [0.25, 0.3) is 5.00 Å². The molecule has 0 atom stereocenters. The Morgan fingerprint density at radius 3 is 2.65 bits per heavy atom.